The quantitative estimate of drug-likeness (QED) is 0.337. The lowest BCUT2D eigenvalue weighted by molar-refractivity contribution is -0.141. The summed E-state index contributed by atoms with van der Waals surface area (Å²) < 4.78 is 51.5. The number of benzene rings is 1. The van der Waals surface area contributed by atoms with Crippen LogP contribution < -0.4 is 5.32 Å². The zero-order valence-electron chi connectivity index (χ0n) is 21.0. The second-order valence-electron chi connectivity index (χ2n) is 8.42. The van der Waals surface area contributed by atoms with Crippen molar-refractivity contribution in [2.24, 2.45) is 0 Å². The highest BCUT2D eigenvalue weighted by atomic mass is 32.1. The van der Waals surface area contributed by atoms with Crippen molar-refractivity contribution in [1.29, 1.82) is 0 Å². The second-order valence-corrected chi connectivity index (χ2v) is 9.51. The molecule has 0 aliphatic rings. The van der Waals surface area contributed by atoms with Gasteiger partial charge in [0.25, 0.3) is 5.91 Å². The maximum atomic E-state index is 13.8. The van der Waals surface area contributed by atoms with Crippen molar-refractivity contribution in [2.45, 2.75) is 25.6 Å². The van der Waals surface area contributed by atoms with Crippen LogP contribution in [0.15, 0.2) is 48.8 Å². The number of carbonyl (C=O) groups excluding carboxylic acids is 1. The van der Waals surface area contributed by atoms with Gasteiger partial charge in [0, 0.05) is 52.7 Å². The molecular formula is C26H31F3N4O3S. The van der Waals surface area contributed by atoms with Crippen LogP contribution in [0.2, 0.25) is 0 Å². The lowest BCUT2D eigenvalue weighted by Crippen LogP contribution is -2.32. The third kappa shape index (κ3) is 8.32. The Labute approximate surface area is 218 Å². The zero-order valence-corrected chi connectivity index (χ0v) is 21.9. The maximum absolute atomic E-state index is 13.8. The third-order valence-electron chi connectivity index (χ3n) is 5.74. The molecular weight excluding hydrogens is 505 g/mol. The van der Waals surface area contributed by atoms with Crippen LogP contribution in [-0.4, -0.2) is 67.8 Å². The molecule has 0 saturated carbocycles. The molecule has 37 heavy (non-hydrogen) atoms. The van der Waals surface area contributed by atoms with E-state index in [2.05, 4.69) is 15.3 Å². The van der Waals surface area contributed by atoms with Crippen LogP contribution in [0.25, 0.3) is 11.1 Å². The standard InChI is InChI=1S/C26H31F3N4O3S/c1-18(19-6-4-7-20(16-19)21-8-5-10-30-17-21)31-25(34)23-24(26(27,28)29)32-22(37-23)9-11-33(12-14-35-2)13-15-36-3/h4-8,10,16-18H,9,11-15H2,1-3H3,(H,31,34). The molecule has 1 unspecified atom stereocenters. The topological polar surface area (TPSA) is 76.6 Å². The molecule has 0 bridgehead atoms. The van der Waals surface area contributed by atoms with E-state index >= 15 is 0 Å². The number of hydrogen-bond acceptors (Lipinski definition) is 7. The molecule has 3 aromatic rings. The van der Waals surface area contributed by atoms with Gasteiger partial charge in [-0.25, -0.2) is 4.98 Å². The fraction of sp³-hybridized carbons (Fsp3) is 0.423. The van der Waals surface area contributed by atoms with Gasteiger partial charge in [-0.1, -0.05) is 24.3 Å². The molecule has 3 rings (SSSR count). The van der Waals surface area contributed by atoms with Crippen LogP contribution in [0.1, 0.15) is 38.9 Å². The van der Waals surface area contributed by atoms with Gasteiger partial charge in [-0.3, -0.25) is 14.7 Å². The molecule has 200 valence electrons. The first kappa shape index (κ1) is 28.7. The number of alkyl halides is 3. The van der Waals surface area contributed by atoms with Crippen molar-refractivity contribution >= 4 is 17.2 Å². The van der Waals surface area contributed by atoms with Crippen LogP contribution in [0.4, 0.5) is 13.2 Å². The number of nitrogens with zero attached hydrogens (tertiary/aromatic N) is 3. The van der Waals surface area contributed by atoms with Crippen molar-refractivity contribution in [3.8, 4) is 11.1 Å². The highest BCUT2D eigenvalue weighted by molar-refractivity contribution is 7.13. The molecule has 0 saturated heterocycles. The van der Waals surface area contributed by atoms with Crippen molar-refractivity contribution in [2.75, 3.05) is 47.1 Å². The molecule has 11 heteroatoms. The number of pyridine rings is 1. The Morgan fingerprint density at radius 3 is 2.41 bits per heavy atom. The van der Waals surface area contributed by atoms with Gasteiger partial charge in [-0.05, 0) is 35.7 Å². The Kier molecular flexibility index (Phi) is 10.6. The number of hydrogen-bond donors (Lipinski definition) is 1. The number of thiazole rings is 1. The molecule has 0 aliphatic heterocycles. The summed E-state index contributed by atoms with van der Waals surface area (Å²) in [5.74, 6) is -0.800. The Bertz CT molecular complexity index is 1130. The number of nitrogens with one attached hydrogen (secondary N) is 1. The molecule has 0 aliphatic carbocycles. The molecule has 1 N–H and O–H groups in total. The average Bonchev–Trinajstić information content (AvgIpc) is 3.34. The minimum Gasteiger partial charge on any atom is -0.383 e. The van der Waals surface area contributed by atoms with E-state index in [9.17, 15) is 18.0 Å². The Morgan fingerprint density at radius 2 is 1.78 bits per heavy atom. The largest absolute Gasteiger partial charge is 0.435 e. The summed E-state index contributed by atoms with van der Waals surface area (Å²) >= 11 is 0.781. The number of amides is 1. The van der Waals surface area contributed by atoms with Crippen molar-refractivity contribution in [1.82, 2.24) is 20.2 Å². The van der Waals surface area contributed by atoms with Crippen LogP contribution in [0.3, 0.4) is 0 Å². The van der Waals surface area contributed by atoms with E-state index < -0.39 is 28.7 Å². The van der Waals surface area contributed by atoms with E-state index in [1.165, 1.54) is 0 Å². The molecule has 1 aromatic carbocycles. The van der Waals surface area contributed by atoms with Crippen LogP contribution >= 0.6 is 11.3 Å². The van der Waals surface area contributed by atoms with E-state index in [0.717, 1.165) is 28.0 Å². The van der Waals surface area contributed by atoms with Crippen molar-refractivity contribution in [3.63, 3.8) is 0 Å². The first-order chi connectivity index (χ1) is 17.7. The summed E-state index contributed by atoms with van der Waals surface area (Å²) in [6, 6.07) is 10.7. The number of carbonyl (C=O) groups is 1. The molecule has 1 amide bonds. The normalized spacial score (nSPS) is 12.6. The average molecular weight is 537 g/mol. The van der Waals surface area contributed by atoms with E-state index in [1.54, 1.807) is 33.5 Å². The van der Waals surface area contributed by atoms with Gasteiger partial charge >= 0.3 is 6.18 Å². The van der Waals surface area contributed by atoms with E-state index in [1.807, 2.05) is 41.3 Å². The molecule has 2 heterocycles. The number of aromatic nitrogens is 2. The van der Waals surface area contributed by atoms with Gasteiger partial charge in [0.05, 0.1) is 24.3 Å². The van der Waals surface area contributed by atoms with E-state index in [4.69, 9.17) is 9.47 Å². The number of ether oxygens (including phenoxy) is 2. The fourth-order valence-electron chi connectivity index (χ4n) is 3.71. The monoisotopic (exact) mass is 536 g/mol. The predicted octanol–water partition coefficient (Wildman–Crippen LogP) is 4.85. The minimum absolute atomic E-state index is 0.253. The summed E-state index contributed by atoms with van der Waals surface area (Å²) in [5.41, 5.74) is 1.41. The molecule has 7 nitrogen and oxygen atoms in total. The zero-order chi connectivity index (χ0) is 26.8. The van der Waals surface area contributed by atoms with E-state index in [-0.39, 0.29) is 11.4 Å². The maximum Gasteiger partial charge on any atom is 0.435 e. The molecule has 1 atom stereocenters. The first-order valence-electron chi connectivity index (χ1n) is 11.8. The Hall–Kier alpha value is -2.86. The van der Waals surface area contributed by atoms with Gasteiger partial charge in [-0.2, -0.15) is 13.2 Å². The summed E-state index contributed by atoms with van der Waals surface area (Å²) in [6.45, 7) is 4.40. The van der Waals surface area contributed by atoms with Gasteiger partial charge in [0.2, 0.25) is 0 Å². The van der Waals surface area contributed by atoms with Gasteiger partial charge in [0.15, 0.2) is 5.69 Å². The van der Waals surface area contributed by atoms with Crippen molar-refractivity contribution < 1.29 is 27.4 Å². The second kappa shape index (κ2) is 13.6. The van der Waals surface area contributed by atoms with Crippen LogP contribution in [0, 0.1) is 0 Å². The summed E-state index contributed by atoms with van der Waals surface area (Å²) in [5, 5.41) is 2.96. The minimum atomic E-state index is -4.74. The highest BCUT2D eigenvalue weighted by Gasteiger charge is 2.39. The lowest BCUT2D eigenvalue weighted by atomic mass is 10.0. The van der Waals surface area contributed by atoms with Gasteiger partial charge < -0.3 is 14.8 Å². The number of methoxy groups -OCH3 is 2. The molecule has 2 aromatic heterocycles. The summed E-state index contributed by atoms with van der Waals surface area (Å²) in [4.78, 5) is 22.5. The van der Waals surface area contributed by atoms with Gasteiger partial charge in [-0.15, -0.1) is 11.3 Å². The van der Waals surface area contributed by atoms with Gasteiger partial charge in [0.1, 0.15) is 4.88 Å². The predicted molar refractivity (Wildman–Crippen MR) is 137 cm³/mol. The number of halogens is 3. The Morgan fingerprint density at radius 1 is 1.08 bits per heavy atom. The summed E-state index contributed by atoms with van der Waals surface area (Å²) in [6.07, 6.45) is -1.06. The third-order valence-corrected chi connectivity index (χ3v) is 6.85. The highest BCUT2D eigenvalue weighted by Crippen LogP contribution is 2.35. The lowest BCUT2D eigenvalue weighted by Gasteiger charge is -2.20. The first-order valence-corrected chi connectivity index (χ1v) is 12.6. The molecule has 0 fully saturated rings. The van der Waals surface area contributed by atoms with Crippen LogP contribution in [0.5, 0.6) is 0 Å². The molecule has 0 radical (unpaired) electrons. The van der Waals surface area contributed by atoms with Crippen molar-refractivity contribution in [3.05, 3.63) is 69.9 Å². The van der Waals surface area contributed by atoms with Crippen LogP contribution in [-0.2, 0) is 22.1 Å². The SMILES string of the molecule is COCCN(CCOC)CCc1nc(C(F)(F)F)c(C(=O)NC(C)c2cccc(-c3cccnc3)c2)s1. The molecule has 0 spiro atoms. The number of rotatable bonds is 13. The Balaban J connectivity index is 1.74. The summed E-state index contributed by atoms with van der Waals surface area (Å²) in [7, 11) is 3.18. The fourth-order valence-corrected chi connectivity index (χ4v) is 4.69. The smallest absolute Gasteiger partial charge is 0.383 e. The van der Waals surface area contributed by atoms with E-state index in [0.29, 0.717) is 32.8 Å².